The molecule has 10 heavy (non-hydrogen) atoms. The third-order valence-electron chi connectivity index (χ3n) is 2.41. The maximum atomic E-state index is 9.19. The van der Waals surface area contributed by atoms with Crippen molar-refractivity contribution in [2.24, 2.45) is 0 Å². The van der Waals surface area contributed by atoms with Gasteiger partial charge in [-0.2, -0.15) is 0 Å². The first kappa shape index (κ1) is 5.49. The number of nitrogens with zero attached hydrogens (tertiary/aromatic N) is 1. The summed E-state index contributed by atoms with van der Waals surface area (Å²) in [7, 11) is 0. The fourth-order valence-corrected chi connectivity index (χ4v) is 1.62. The highest BCUT2D eigenvalue weighted by atomic mass is 16.6. The van der Waals surface area contributed by atoms with E-state index < -0.39 is 6.29 Å². The molecule has 3 aliphatic heterocycles. The van der Waals surface area contributed by atoms with Crippen LogP contribution in [0.3, 0.4) is 0 Å². The number of rotatable bonds is 1. The number of fused-ring (bicyclic) bond motifs is 1. The monoisotopic (exact) mass is 142 g/mol. The lowest BCUT2D eigenvalue weighted by Crippen LogP contribution is -2.27. The molecule has 56 valence electrons. The first-order chi connectivity index (χ1) is 4.86. The largest absolute Gasteiger partial charge is 0.366 e. The lowest BCUT2D eigenvalue weighted by Gasteiger charge is -2.11. The highest BCUT2D eigenvalue weighted by molar-refractivity contribution is 5.06. The predicted octanol–water partition coefficient (Wildman–Crippen LogP) is -1.68. The zero-order valence-corrected chi connectivity index (χ0v) is 5.53. The van der Waals surface area contributed by atoms with Gasteiger partial charge in [0.05, 0.1) is 12.1 Å². The molecule has 0 aromatic rings. The molecule has 0 aliphatic carbocycles. The summed E-state index contributed by atoms with van der Waals surface area (Å²) in [6, 6.07) is 0.801. The molecule has 0 aromatic carbocycles. The molecule has 0 bridgehead atoms. The van der Waals surface area contributed by atoms with Crippen molar-refractivity contribution in [2.45, 2.75) is 24.6 Å². The van der Waals surface area contributed by atoms with E-state index in [1.807, 2.05) is 0 Å². The zero-order chi connectivity index (χ0) is 6.72. The minimum Gasteiger partial charge on any atom is -0.366 e. The Kier molecular flexibility index (Phi) is 0.840. The Bertz CT molecular complexity index is 171. The predicted molar refractivity (Wildman–Crippen MR) is 33.2 cm³/mol. The molecule has 5 atom stereocenters. The van der Waals surface area contributed by atoms with Gasteiger partial charge in [-0.05, 0) is 0 Å². The van der Waals surface area contributed by atoms with Crippen LogP contribution < -0.4 is 5.32 Å². The fraction of sp³-hybridized carbons (Fsp3) is 1.00. The van der Waals surface area contributed by atoms with Crippen LogP contribution in [-0.2, 0) is 4.74 Å². The normalized spacial score (nSPS) is 63.9. The smallest absolute Gasteiger partial charge is 0.173 e. The summed E-state index contributed by atoms with van der Waals surface area (Å²) in [6.07, 6.45) is -0.354. The van der Waals surface area contributed by atoms with Gasteiger partial charge >= 0.3 is 0 Å². The first-order valence-corrected chi connectivity index (χ1v) is 3.69. The van der Waals surface area contributed by atoms with E-state index in [0.29, 0.717) is 12.1 Å². The van der Waals surface area contributed by atoms with Crippen LogP contribution in [0, 0.1) is 0 Å². The van der Waals surface area contributed by atoms with Gasteiger partial charge in [-0.3, -0.25) is 4.90 Å². The van der Waals surface area contributed by atoms with Crippen molar-refractivity contribution in [3.8, 4) is 0 Å². The second-order valence-corrected chi connectivity index (χ2v) is 3.20. The van der Waals surface area contributed by atoms with Crippen LogP contribution in [0.15, 0.2) is 0 Å². The van der Waals surface area contributed by atoms with E-state index in [1.54, 1.807) is 0 Å². The van der Waals surface area contributed by atoms with Crippen LogP contribution in [0.5, 0.6) is 0 Å². The number of aliphatic hydroxyl groups excluding tert-OH is 1. The molecule has 0 spiro atoms. The summed E-state index contributed by atoms with van der Waals surface area (Å²) in [5.74, 6) is 0. The van der Waals surface area contributed by atoms with Gasteiger partial charge in [-0.15, -0.1) is 0 Å². The summed E-state index contributed by atoms with van der Waals surface area (Å²) in [5, 5.41) is 12.4. The van der Waals surface area contributed by atoms with Gasteiger partial charge in [-0.25, -0.2) is 0 Å². The number of aliphatic hydroxyl groups is 1. The van der Waals surface area contributed by atoms with Gasteiger partial charge < -0.3 is 15.2 Å². The standard InChI is InChI=1S/C6H10N2O2/c9-6-4-2-8(4)5(10-6)3-1-7-3/h3-7,9H,1-2H2/t3-,4-,5+,6?,8?/m0/s1. The summed E-state index contributed by atoms with van der Waals surface area (Å²) in [6.45, 7) is 2.06. The van der Waals surface area contributed by atoms with Gasteiger partial charge in [0.25, 0.3) is 0 Å². The number of ether oxygens (including phenoxy) is 1. The van der Waals surface area contributed by atoms with E-state index in [1.165, 1.54) is 0 Å². The third kappa shape index (κ3) is 0.594. The summed E-state index contributed by atoms with van der Waals surface area (Å²) in [5.41, 5.74) is 0. The molecule has 0 aromatic heterocycles. The minimum atomic E-state index is -0.521. The molecule has 2 N–H and O–H groups in total. The van der Waals surface area contributed by atoms with E-state index in [2.05, 4.69) is 10.2 Å². The van der Waals surface area contributed by atoms with Gasteiger partial charge in [0, 0.05) is 13.1 Å². The number of hydrogen-bond acceptors (Lipinski definition) is 4. The van der Waals surface area contributed by atoms with Crippen molar-refractivity contribution in [3.05, 3.63) is 0 Å². The maximum Gasteiger partial charge on any atom is 0.173 e. The molecule has 3 heterocycles. The van der Waals surface area contributed by atoms with Gasteiger partial charge in [-0.1, -0.05) is 0 Å². The SMILES string of the molecule is OC1O[C@H]([C@@H]2CN2)N2C[C@@H]12. The van der Waals surface area contributed by atoms with Crippen molar-refractivity contribution >= 4 is 0 Å². The highest BCUT2D eigenvalue weighted by Crippen LogP contribution is 2.36. The Hall–Kier alpha value is -0.160. The van der Waals surface area contributed by atoms with Crippen LogP contribution in [-0.4, -0.2) is 47.7 Å². The molecule has 4 nitrogen and oxygen atoms in total. The average molecular weight is 142 g/mol. The highest BCUT2D eigenvalue weighted by Gasteiger charge is 2.57. The van der Waals surface area contributed by atoms with E-state index in [4.69, 9.17) is 4.74 Å². The minimum absolute atomic E-state index is 0.167. The molecule has 3 saturated heterocycles. The summed E-state index contributed by atoms with van der Waals surface area (Å²) < 4.78 is 5.27. The molecule has 3 rings (SSSR count). The Balaban J connectivity index is 1.76. The van der Waals surface area contributed by atoms with Crippen LogP contribution in [0.25, 0.3) is 0 Å². The van der Waals surface area contributed by atoms with Gasteiger partial charge in [0.1, 0.15) is 6.23 Å². The first-order valence-electron chi connectivity index (χ1n) is 3.69. The molecular weight excluding hydrogens is 132 g/mol. The van der Waals surface area contributed by atoms with Crippen molar-refractivity contribution < 1.29 is 9.84 Å². The second kappa shape index (κ2) is 1.53. The van der Waals surface area contributed by atoms with Crippen molar-refractivity contribution in [1.29, 1.82) is 0 Å². The van der Waals surface area contributed by atoms with Crippen LogP contribution in [0.4, 0.5) is 0 Å². The molecule has 3 aliphatic rings. The average Bonchev–Trinajstić information content (AvgIpc) is 2.81. The van der Waals surface area contributed by atoms with E-state index in [0.717, 1.165) is 13.1 Å². The van der Waals surface area contributed by atoms with Crippen LogP contribution in [0.2, 0.25) is 0 Å². The second-order valence-electron chi connectivity index (χ2n) is 3.20. The van der Waals surface area contributed by atoms with Crippen molar-refractivity contribution in [2.75, 3.05) is 13.1 Å². The Labute approximate surface area is 58.8 Å². The number of nitrogens with one attached hydrogen (secondary N) is 1. The lowest BCUT2D eigenvalue weighted by molar-refractivity contribution is -0.111. The maximum absolute atomic E-state index is 9.19. The van der Waals surface area contributed by atoms with Crippen LogP contribution in [0.1, 0.15) is 0 Å². The zero-order valence-electron chi connectivity index (χ0n) is 5.53. The molecule has 0 amide bonds. The molecule has 0 radical (unpaired) electrons. The Morgan fingerprint density at radius 1 is 1.60 bits per heavy atom. The molecule has 0 saturated carbocycles. The molecule has 3 fully saturated rings. The Morgan fingerprint density at radius 3 is 2.80 bits per heavy atom. The van der Waals surface area contributed by atoms with Gasteiger partial charge in [0.15, 0.2) is 6.29 Å². The molecular formula is C6H10N2O2. The summed E-state index contributed by atoms with van der Waals surface area (Å²) in [4.78, 5) is 2.19. The third-order valence-corrected chi connectivity index (χ3v) is 2.41. The Morgan fingerprint density at radius 2 is 2.40 bits per heavy atom. The molecule has 2 unspecified atom stereocenters. The quantitative estimate of drug-likeness (QED) is 0.429. The van der Waals surface area contributed by atoms with Crippen molar-refractivity contribution in [3.63, 3.8) is 0 Å². The van der Waals surface area contributed by atoms with E-state index in [9.17, 15) is 5.11 Å². The number of hydrogen-bond donors (Lipinski definition) is 2. The fourth-order valence-electron chi connectivity index (χ4n) is 1.62. The van der Waals surface area contributed by atoms with E-state index in [-0.39, 0.29) is 6.23 Å². The topological polar surface area (TPSA) is 54.4 Å². The molecule has 4 heteroatoms. The van der Waals surface area contributed by atoms with E-state index >= 15 is 0 Å². The van der Waals surface area contributed by atoms with Gasteiger partial charge in [0.2, 0.25) is 0 Å². The van der Waals surface area contributed by atoms with Crippen molar-refractivity contribution in [1.82, 2.24) is 10.2 Å². The lowest BCUT2D eigenvalue weighted by atomic mass is 10.4. The summed E-state index contributed by atoms with van der Waals surface area (Å²) >= 11 is 0. The van der Waals surface area contributed by atoms with Crippen LogP contribution >= 0.6 is 0 Å².